The van der Waals surface area contributed by atoms with E-state index in [0.717, 1.165) is 6.08 Å². The molecule has 174 valence electrons. The quantitative estimate of drug-likeness (QED) is 0.320. The molecule has 1 amide bonds. The van der Waals surface area contributed by atoms with E-state index in [4.69, 9.17) is 20.8 Å². The Hall–Kier alpha value is -3.85. The number of furan rings is 1. The lowest BCUT2D eigenvalue weighted by Crippen LogP contribution is -2.25. The lowest BCUT2D eigenvalue weighted by Gasteiger charge is -2.12. The summed E-state index contributed by atoms with van der Waals surface area (Å²) in [4.78, 5) is 24.7. The van der Waals surface area contributed by atoms with Gasteiger partial charge in [0.1, 0.15) is 11.5 Å². The van der Waals surface area contributed by atoms with Gasteiger partial charge in [-0.05, 0) is 61.5 Å². The van der Waals surface area contributed by atoms with E-state index in [1.165, 1.54) is 30.3 Å². The molecule has 1 aliphatic rings. The van der Waals surface area contributed by atoms with E-state index in [2.05, 4.69) is 5.10 Å². The fourth-order valence-electron chi connectivity index (χ4n) is 3.25. The summed E-state index contributed by atoms with van der Waals surface area (Å²) in [5.41, 5.74) is -1.15. The fourth-order valence-corrected chi connectivity index (χ4v) is 3.44. The molecule has 0 aliphatic carbocycles. The van der Waals surface area contributed by atoms with Gasteiger partial charge in [-0.15, -0.1) is 0 Å². The molecule has 2 aromatic carbocycles. The molecule has 0 fully saturated rings. The van der Waals surface area contributed by atoms with Crippen LogP contribution >= 0.6 is 11.6 Å². The first-order chi connectivity index (χ1) is 16.2. The number of carbonyl (C=O) groups is 2. The molecule has 4 rings (SSSR count). The smallest absolute Gasteiger partial charge is 0.435 e. The molecule has 0 radical (unpaired) electrons. The normalized spacial score (nSPS) is 15.1. The van der Waals surface area contributed by atoms with Gasteiger partial charge in [0, 0.05) is 10.6 Å². The Kier molecular flexibility index (Phi) is 6.30. The maximum absolute atomic E-state index is 13.7. The van der Waals surface area contributed by atoms with E-state index in [1.807, 2.05) is 0 Å². The largest absolute Gasteiger partial charge is 0.462 e. The summed E-state index contributed by atoms with van der Waals surface area (Å²) in [5, 5.41) is 4.61. The first-order valence-corrected chi connectivity index (χ1v) is 10.4. The monoisotopic (exact) mass is 488 g/mol. The molecule has 0 bridgehead atoms. The number of anilines is 1. The number of benzene rings is 2. The number of carbonyl (C=O) groups excluding carboxylic acids is 2. The molecule has 3 aromatic rings. The van der Waals surface area contributed by atoms with Gasteiger partial charge in [0.15, 0.2) is 5.71 Å². The second-order valence-corrected chi connectivity index (χ2v) is 7.54. The minimum absolute atomic E-state index is 0.0368. The Morgan fingerprint density at radius 1 is 1.15 bits per heavy atom. The molecule has 1 aromatic heterocycles. The van der Waals surface area contributed by atoms with Crippen molar-refractivity contribution in [3.8, 4) is 11.3 Å². The maximum atomic E-state index is 13.7. The van der Waals surface area contributed by atoms with Gasteiger partial charge < -0.3 is 9.15 Å². The average Bonchev–Trinajstić information content (AvgIpc) is 3.39. The number of nitrogens with zero attached hydrogens (tertiary/aromatic N) is 2. The third-order valence-electron chi connectivity index (χ3n) is 4.79. The van der Waals surface area contributed by atoms with Crippen molar-refractivity contribution in [1.29, 1.82) is 0 Å². The molecule has 0 saturated carbocycles. The summed E-state index contributed by atoms with van der Waals surface area (Å²) in [6, 6.07) is 15.1. The number of hydrogen-bond donors (Lipinski definition) is 0. The molecule has 34 heavy (non-hydrogen) atoms. The third kappa shape index (κ3) is 4.74. The van der Waals surface area contributed by atoms with Crippen molar-refractivity contribution in [2.45, 2.75) is 13.1 Å². The van der Waals surface area contributed by atoms with Crippen molar-refractivity contribution < 1.29 is 31.9 Å². The lowest BCUT2D eigenvalue weighted by molar-refractivity contribution is -0.114. The predicted octanol–water partition coefficient (Wildman–Crippen LogP) is 6.13. The number of hydrazone groups is 1. The van der Waals surface area contributed by atoms with Gasteiger partial charge in [-0.3, -0.25) is 4.79 Å². The van der Waals surface area contributed by atoms with Crippen LogP contribution in [0.15, 0.2) is 75.8 Å². The highest BCUT2D eigenvalue weighted by molar-refractivity contribution is 6.34. The number of ether oxygens (including phenoxy) is 1. The van der Waals surface area contributed by atoms with Crippen molar-refractivity contribution in [3.63, 3.8) is 0 Å². The van der Waals surface area contributed by atoms with Gasteiger partial charge in [-0.25, -0.2) is 4.79 Å². The number of alkyl halides is 3. The van der Waals surface area contributed by atoms with E-state index in [0.29, 0.717) is 21.4 Å². The zero-order valence-electron chi connectivity index (χ0n) is 17.6. The van der Waals surface area contributed by atoms with E-state index in [-0.39, 0.29) is 23.6 Å². The number of hydrogen-bond acceptors (Lipinski definition) is 5. The molecular weight excluding hydrogens is 473 g/mol. The summed E-state index contributed by atoms with van der Waals surface area (Å²) in [6.07, 6.45) is -3.89. The summed E-state index contributed by atoms with van der Waals surface area (Å²) in [5.74, 6) is -1.17. The van der Waals surface area contributed by atoms with Crippen LogP contribution in [0.25, 0.3) is 17.4 Å². The molecular formula is C24H16ClF3N2O4. The van der Waals surface area contributed by atoms with Crippen LogP contribution in [0.2, 0.25) is 5.02 Å². The first-order valence-electron chi connectivity index (χ1n) is 10.0. The van der Waals surface area contributed by atoms with Gasteiger partial charge >= 0.3 is 12.1 Å². The Bertz CT molecular complexity index is 1310. The van der Waals surface area contributed by atoms with Gasteiger partial charge in [0.05, 0.1) is 23.4 Å². The molecule has 2 heterocycles. The number of halogens is 4. The Balaban J connectivity index is 1.66. The van der Waals surface area contributed by atoms with Gasteiger partial charge in [0.2, 0.25) is 0 Å². The molecule has 6 nitrogen and oxygen atoms in total. The fraction of sp³-hybridized carbons (Fsp3) is 0.125. The van der Waals surface area contributed by atoms with Crippen LogP contribution in [0.3, 0.4) is 0 Å². The summed E-state index contributed by atoms with van der Waals surface area (Å²) < 4.78 is 51.6. The van der Waals surface area contributed by atoms with Crippen LogP contribution in [0, 0.1) is 0 Å². The standard InChI is InChI=1S/C24H16ClF3N2O4/c1-2-33-23(32)14-6-8-17(9-7-14)30-22(31)19(21(29-30)24(26,27)28)13-18-10-11-20(34-18)15-4-3-5-16(25)12-15/h3-13H,2H2,1H3/b19-13-. The molecule has 0 atom stereocenters. The molecule has 0 unspecified atom stereocenters. The topological polar surface area (TPSA) is 72.1 Å². The minimum Gasteiger partial charge on any atom is -0.462 e. The zero-order valence-corrected chi connectivity index (χ0v) is 18.4. The van der Waals surface area contributed by atoms with Crippen LogP contribution in [-0.2, 0) is 9.53 Å². The van der Waals surface area contributed by atoms with Crippen molar-refractivity contribution in [2.24, 2.45) is 5.10 Å². The highest BCUT2D eigenvalue weighted by Gasteiger charge is 2.47. The van der Waals surface area contributed by atoms with Crippen molar-refractivity contribution in [2.75, 3.05) is 11.6 Å². The molecule has 10 heteroatoms. The maximum Gasteiger partial charge on any atom is 0.435 e. The molecule has 0 spiro atoms. The molecule has 1 aliphatic heterocycles. The number of amides is 1. The molecule has 0 N–H and O–H groups in total. The Morgan fingerprint density at radius 2 is 1.88 bits per heavy atom. The van der Waals surface area contributed by atoms with Crippen LogP contribution in [0.5, 0.6) is 0 Å². The summed E-state index contributed by atoms with van der Waals surface area (Å²) in [6.45, 7) is 1.82. The van der Waals surface area contributed by atoms with Gasteiger partial charge in [0.25, 0.3) is 5.91 Å². The van der Waals surface area contributed by atoms with Gasteiger partial charge in [-0.1, -0.05) is 23.7 Å². The van der Waals surface area contributed by atoms with Gasteiger partial charge in [-0.2, -0.15) is 23.3 Å². The highest BCUT2D eigenvalue weighted by Crippen LogP contribution is 2.34. The van der Waals surface area contributed by atoms with E-state index < -0.39 is 29.3 Å². The van der Waals surface area contributed by atoms with Crippen LogP contribution in [-0.4, -0.2) is 30.4 Å². The van der Waals surface area contributed by atoms with E-state index >= 15 is 0 Å². The predicted molar refractivity (Wildman–Crippen MR) is 121 cm³/mol. The minimum atomic E-state index is -4.89. The van der Waals surface area contributed by atoms with Crippen LogP contribution in [0.4, 0.5) is 18.9 Å². The SMILES string of the molecule is CCOC(=O)c1ccc(N2N=C(C(F)(F)F)/C(=C/c3ccc(-c4cccc(Cl)c4)o3)C2=O)cc1. The van der Waals surface area contributed by atoms with Crippen molar-refractivity contribution >= 4 is 41.0 Å². The highest BCUT2D eigenvalue weighted by atomic mass is 35.5. The lowest BCUT2D eigenvalue weighted by atomic mass is 10.1. The Labute approximate surface area is 196 Å². The number of esters is 1. The second kappa shape index (κ2) is 9.18. The van der Waals surface area contributed by atoms with Crippen molar-refractivity contribution in [3.05, 3.63) is 82.6 Å². The summed E-state index contributed by atoms with van der Waals surface area (Å²) >= 11 is 5.97. The summed E-state index contributed by atoms with van der Waals surface area (Å²) in [7, 11) is 0. The van der Waals surface area contributed by atoms with Crippen LogP contribution < -0.4 is 5.01 Å². The van der Waals surface area contributed by atoms with E-state index in [1.54, 1.807) is 37.3 Å². The van der Waals surface area contributed by atoms with E-state index in [9.17, 15) is 22.8 Å². The number of rotatable bonds is 5. The Morgan fingerprint density at radius 3 is 2.53 bits per heavy atom. The van der Waals surface area contributed by atoms with Crippen LogP contribution in [0.1, 0.15) is 23.0 Å². The first kappa shape index (κ1) is 23.3. The second-order valence-electron chi connectivity index (χ2n) is 7.10. The average molecular weight is 489 g/mol. The third-order valence-corrected chi connectivity index (χ3v) is 5.03. The molecule has 0 saturated heterocycles. The zero-order chi connectivity index (χ0) is 24.5. The van der Waals surface area contributed by atoms with Crippen molar-refractivity contribution in [1.82, 2.24) is 0 Å².